The molecule has 2 heterocycles. The van der Waals surface area contributed by atoms with Gasteiger partial charge in [0.15, 0.2) is 0 Å². The maximum atomic E-state index is 12.1. The van der Waals surface area contributed by atoms with E-state index in [1.165, 1.54) is 6.07 Å². The Morgan fingerprint density at radius 3 is 2.71 bits per heavy atom. The van der Waals surface area contributed by atoms with Crippen LogP contribution in [0.15, 0.2) is 27.8 Å². The van der Waals surface area contributed by atoms with Gasteiger partial charge in [-0.25, -0.2) is 0 Å². The number of amides is 1. The Bertz CT molecular complexity index is 787. The summed E-state index contributed by atoms with van der Waals surface area (Å²) in [7, 11) is 0. The number of fused-ring (bicyclic) bond motifs is 1. The van der Waals surface area contributed by atoms with Crippen molar-refractivity contribution in [2.45, 2.75) is 18.9 Å². The lowest BCUT2D eigenvalue weighted by atomic mass is 10.1. The molecule has 7 heteroatoms. The van der Waals surface area contributed by atoms with Crippen molar-refractivity contribution < 1.29 is 9.53 Å². The Morgan fingerprint density at radius 2 is 2.00 bits per heavy atom. The fraction of sp³-hybridized carbons (Fsp3) is 0.357. The van der Waals surface area contributed by atoms with Crippen molar-refractivity contribution in [2.24, 2.45) is 0 Å². The molecule has 0 aliphatic carbocycles. The third-order valence-electron chi connectivity index (χ3n) is 3.50. The minimum Gasteiger partial charge on any atom is -0.376 e. The second kappa shape index (κ2) is 5.53. The van der Waals surface area contributed by atoms with Crippen molar-refractivity contribution in [3.8, 4) is 0 Å². The van der Waals surface area contributed by atoms with Crippen LogP contribution in [0.4, 0.5) is 0 Å². The molecule has 1 unspecified atom stereocenters. The van der Waals surface area contributed by atoms with Crippen LogP contribution in [0.25, 0.3) is 11.0 Å². The van der Waals surface area contributed by atoms with Gasteiger partial charge in [-0.15, -0.1) is 0 Å². The molecule has 0 spiro atoms. The number of nitrogens with one attached hydrogen (secondary N) is 3. The number of H-pyrrole nitrogens is 2. The molecule has 7 nitrogen and oxygen atoms in total. The first-order valence-corrected chi connectivity index (χ1v) is 6.79. The second-order valence-corrected chi connectivity index (χ2v) is 5.01. The zero-order chi connectivity index (χ0) is 14.8. The van der Waals surface area contributed by atoms with Crippen molar-refractivity contribution in [2.75, 3.05) is 13.2 Å². The zero-order valence-electron chi connectivity index (χ0n) is 11.3. The lowest BCUT2D eigenvalue weighted by molar-refractivity contribution is 0.0858. The summed E-state index contributed by atoms with van der Waals surface area (Å²) < 4.78 is 5.44. The van der Waals surface area contributed by atoms with Crippen molar-refractivity contribution in [3.05, 3.63) is 44.5 Å². The Hall–Kier alpha value is -2.41. The first-order valence-electron chi connectivity index (χ1n) is 6.79. The molecule has 1 aliphatic heterocycles. The van der Waals surface area contributed by atoms with Crippen LogP contribution in [0.1, 0.15) is 23.2 Å². The normalized spacial score (nSPS) is 18.0. The van der Waals surface area contributed by atoms with Gasteiger partial charge >= 0.3 is 11.1 Å². The van der Waals surface area contributed by atoms with Gasteiger partial charge in [0.1, 0.15) is 0 Å². The van der Waals surface area contributed by atoms with E-state index >= 15 is 0 Å². The highest BCUT2D eigenvalue weighted by molar-refractivity contribution is 5.97. The van der Waals surface area contributed by atoms with Gasteiger partial charge in [-0.3, -0.25) is 14.4 Å². The van der Waals surface area contributed by atoms with Gasteiger partial charge in [0.05, 0.1) is 17.1 Å². The number of ether oxygens (including phenoxy) is 1. The summed E-state index contributed by atoms with van der Waals surface area (Å²) in [6, 6.07) is 4.73. The van der Waals surface area contributed by atoms with Crippen molar-refractivity contribution in [1.29, 1.82) is 0 Å². The Kier molecular flexibility index (Phi) is 3.57. The lowest BCUT2D eigenvalue weighted by Gasteiger charge is -2.11. The smallest absolute Gasteiger partial charge is 0.314 e. The van der Waals surface area contributed by atoms with E-state index in [-0.39, 0.29) is 12.0 Å². The number of aromatic amines is 2. The number of carbonyl (C=O) groups excluding carboxylic acids is 1. The number of hydrogen-bond donors (Lipinski definition) is 3. The number of aromatic nitrogens is 2. The van der Waals surface area contributed by atoms with Crippen molar-refractivity contribution in [1.82, 2.24) is 15.3 Å². The topological polar surface area (TPSA) is 104 Å². The van der Waals surface area contributed by atoms with E-state index in [9.17, 15) is 14.4 Å². The van der Waals surface area contributed by atoms with E-state index in [2.05, 4.69) is 15.3 Å². The van der Waals surface area contributed by atoms with Gasteiger partial charge < -0.3 is 20.0 Å². The highest BCUT2D eigenvalue weighted by atomic mass is 16.5. The molecule has 21 heavy (non-hydrogen) atoms. The van der Waals surface area contributed by atoms with Gasteiger partial charge in [-0.05, 0) is 31.0 Å². The van der Waals surface area contributed by atoms with E-state index in [1.54, 1.807) is 12.1 Å². The summed E-state index contributed by atoms with van der Waals surface area (Å²) in [5.74, 6) is -0.237. The molecular formula is C14H15N3O4. The van der Waals surface area contributed by atoms with E-state index in [0.29, 0.717) is 23.1 Å². The lowest BCUT2D eigenvalue weighted by Crippen LogP contribution is -2.32. The average molecular weight is 289 g/mol. The van der Waals surface area contributed by atoms with Gasteiger partial charge in [0.2, 0.25) is 0 Å². The number of benzene rings is 1. The SMILES string of the molecule is O=C(NCC1CCCO1)c1ccc2[nH]c(=O)c(=O)[nH]c2c1. The number of rotatable bonds is 3. The van der Waals surface area contributed by atoms with Gasteiger partial charge in [-0.1, -0.05) is 0 Å². The first kappa shape index (κ1) is 13.6. The van der Waals surface area contributed by atoms with Gasteiger partial charge in [0.25, 0.3) is 5.91 Å². The predicted octanol–water partition coefficient (Wildman–Crippen LogP) is 0.125. The Morgan fingerprint density at radius 1 is 1.24 bits per heavy atom. The molecule has 2 aromatic rings. The van der Waals surface area contributed by atoms with Crippen molar-refractivity contribution in [3.63, 3.8) is 0 Å². The number of hydrogen-bond acceptors (Lipinski definition) is 4. The molecule has 1 saturated heterocycles. The quantitative estimate of drug-likeness (QED) is 0.698. The molecule has 1 atom stereocenters. The fourth-order valence-electron chi connectivity index (χ4n) is 2.37. The minimum atomic E-state index is -0.737. The van der Waals surface area contributed by atoms with E-state index in [4.69, 9.17) is 4.74 Å². The molecule has 0 bridgehead atoms. The number of carbonyl (C=O) groups is 1. The van der Waals surface area contributed by atoms with Crippen LogP contribution in [0.2, 0.25) is 0 Å². The molecule has 0 radical (unpaired) electrons. The summed E-state index contributed by atoms with van der Waals surface area (Å²) in [5.41, 5.74) is -0.125. The summed E-state index contributed by atoms with van der Waals surface area (Å²) in [5, 5.41) is 2.80. The standard InChI is InChI=1S/C14H15N3O4/c18-12(15-7-9-2-1-5-21-9)8-3-4-10-11(6-8)17-14(20)13(19)16-10/h3-4,6,9H,1-2,5,7H2,(H,15,18)(H,16,19)(H,17,20). The largest absolute Gasteiger partial charge is 0.376 e. The average Bonchev–Trinajstić information content (AvgIpc) is 2.99. The van der Waals surface area contributed by atoms with Crippen LogP contribution in [-0.2, 0) is 4.74 Å². The van der Waals surface area contributed by atoms with Crippen LogP contribution >= 0.6 is 0 Å². The molecule has 1 amide bonds. The summed E-state index contributed by atoms with van der Waals surface area (Å²) in [4.78, 5) is 39.5. The molecule has 1 aliphatic rings. The van der Waals surface area contributed by atoms with Crippen LogP contribution in [-0.4, -0.2) is 35.1 Å². The van der Waals surface area contributed by atoms with Crippen LogP contribution in [0.5, 0.6) is 0 Å². The molecule has 1 aromatic carbocycles. The summed E-state index contributed by atoms with van der Waals surface area (Å²) >= 11 is 0. The molecular weight excluding hydrogens is 274 g/mol. The molecule has 3 N–H and O–H groups in total. The second-order valence-electron chi connectivity index (χ2n) is 5.01. The summed E-state index contributed by atoms with van der Waals surface area (Å²) in [6.45, 7) is 1.21. The highest BCUT2D eigenvalue weighted by Crippen LogP contribution is 2.12. The van der Waals surface area contributed by atoms with Crippen LogP contribution < -0.4 is 16.4 Å². The molecule has 1 fully saturated rings. The Labute approximate surface area is 119 Å². The minimum absolute atomic E-state index is 0.0746. The first-order chi connectivity index (χ1) is 10.1. The third kappa shape index (κ3) is 2.87. The van der Waals surface area contributed by atoms with Crippen molar-refractivity contribution >= 4 is 16.9 Å². The molecule has 0 saturated carbocycles. The summed E-state index contributed by atoms with van der Waals surface area (Å²) in [6.07, 6.45) is 2.04. The maximum absolute atomic E-state index is 12.1. The zero-order valence-corrected chi connectivity index (χ0v) is 11.3. The van der Waals surface area contributed by atoms with E-state index < -0.39 is 11.1 Å². The molecule has 110 valence electrons. The van der Waals surface area contributed by atoms with Gasteiger partial charge in [0, 0.05) is 18.7 Å². The molecule has 1 aromatic heterocycles. The van der Waals surface area contributed by atoms with Crippen LogP contribution in [0.3, 0.4) is 0 Å². The van der Waals surface area contributed by atoms with E-state index in [1.807, 2.05) is 0 Å². The van der Waals surface area contributed by atoms with E-state index in [0.717, 1.165) is 19.4 Å². The maximum Gasteiger partial charge on any atom is 0.314 e. The monoisotopic (exact) mass is 289 g/mol. The fourth-order valence-corrected chi connectivity index (χ4v) is 2.37. The predicted molar refractivity (Wildman–Crippen MR) is 76.5 cm³/mol. The molecule has 3 rings (SSSR count). The van der Waals surface area contributed by atoms with Crippen LogP contribution in [0, 0.1) is 0 Å². The highest BCUT2D eigenvalue weighted by Gasteiger charge is 2.16. The third-order valence-corrected chi connectivity index (χ3v) is 3.50. The Balaban J connectivity index is 1.79. The van der Waals surface area contributed by atoms with Gasteiger partial charge in [-0.2, -0.15) is 0 Å².